The number of carbonyl (C=O) groups is 3. The first-order valence-electron chi connectivity index (χ1n) is 8.74. The molecule has 2 N–H and O–H groups in total. The molecule has 1 amide bonds. The lowest BCUT2D eigenvalue weighted by molar-refractivity contribution is -0.159. The third kappa shape index (κ3) is 6.85. The number of amides is 1. The maximum atomic E-state index is 12.9. The molecule has 1 aliphatic heterocycles. The summed E-state index contributed by atoms with van der Waals surface area (Å²) in [7, 11) is 0. The highest BCUT2D eigenvalue weighted by atomic mass is 35.5. The van der Waals surface area contributed by atoms with Gasteiger partial charge < -0.3 is 15.1 Å². The Bertz CT molecular complexity index is 855. The van der Waals surface area contributed by atoms with Crippen LogP contribution >= 0.6 is 11.6 Å². The standard InChI is InChI=1S/C18H18ClFN2O.C2H2O4/c19-17-4-2-1-3-15(17)13-21-9-11-22(12-10-21)18(23)14-5-7-16(20)8-6-14;3-1(4)2(5)6/h1-8H,9-13H2;(H,3,4)(H,5,6). The fourth-order valence-electron chi connectivity index (χ4n) is 2.75. The Labute approximate surface area is 171 Å². The first-order valence-corrected chi connectivity index (χ1v) is 9.12. The Morgan fingerprint density at radius 3 is 1.97 bits per heavy atom. The summed E-state index contributed by atoms with van der Waals surface area (Å²) >= 11 is 6.19. The van der Waals surface area contributed by atoms with Crippen LogP contribution < -0.4 is 0 Å². The van der Waals surface area contributed by atoms with Crippen LogP contribution in [0.5, 0.6) is 0 Å². The van der Waals surface area contributed by atoms with Crippen LogP contribution in [0.3, 0.4) is 0 Å². The first kappa shape index (κ1) is 22.3. The number of piperazine rings is 1. The molecule has 7 nitrogen and oxygen atoms in total. The van der Waals surface area contributed by atoms with Gasteiger partial charge in [0.05, 0.1) is 0 Å². The van der Waals surface area contributed by atoms with Crippen LogP contribution in [0.15, 0.2) is 48.5 Å². The Morgan fingerprint density at radius 2 is 1.45 bits per heavy atom. The van der Waals surface area contributed by atoms with Crippen molar-refractivity contribution in [1.29, 1.82) is 0 Å². The second kappa shape index (κ2) is 10.5. The van der Waals surface area contributed by atoms with Gasteiger partial charge in [0.2, 0.25) is 0 Å². The number of nitrogens with zero attached hydrogens (tertiary/aromatic N) is 2. The summed E-state index contributed by atoms with van der Waals surface area (Å²) in [5.74, 6) is -4.02. The van der Waals surface area contributed by atoms with Gasteiger partial charge in [-0.2, -0.15) is 0 Å². The number of aliphatic carboxylic acids is 2. The molecule has 0 radical (unpaired) electrons. The SMILES string of the molecule is O=C(O)C(=O)O.O=C(c1ccc(F)cc1)N1CCN(Cc2ccccc2Cl)CC1. The molecule has 1 aliphatic rings. The van der Waals surface area contributed by atoms with E-state index in [4.69, 9.17) is 31.4 Å². The third-order valence-corrected chi connectivity index (χ3v) is 4.65. The highest BCUT2D eigenvalue weighted by Gasteiger charge is 2.22. The Balaban J connectivity index is 0.000000438. The summed E-state index contributed by atoms with van der Waals surface area (Å²) < 4.78 is 12.9. The number of hydrogen-bond acceptors (Lipinski definition) is 4. The van der Waals surface area contributed by atoms with E-state index < -0.39 is 11.9 Å². The van der Waals surface area contributed by atoms with E-state index in [-0.39, 0.29) is 11.7 Å². The van der Waals surface area contributed by atoms with Crippen LogP contribution in [0.1, 0.15) is 15.9 Å². The van der Waals surface area contributed by atoms with Gasteiger partial charge in [-0.1, -0.05) is 29.8 Å². The van der Waals surface area contributed by atoms with E-state index in [0.717, 1.165) is 30.2 Å². The van der Waals surface area contributed by atoms with Gasteiger partial charge in [0, 0.05) is 43.3 Å². The van der Waals surface area contributed by atoms with E-state index in [0.29, 0.717) is 18.7 Å². The van der Waals surface area contributed by atoms with Crippen LogP contribution in [0.2, 0.25) is 5.02 Å². The molecule has 0 unspecified atom stereocenters. The van der Waals surface area contributed by atoms with Gasteiger partial charge in [0.25, 0.3) is 5.91 Å². The highest BCUT2D eigenvalue weighted by molar-refractivity contribution is 6.31. The molecule has 0 aromatic heterocycles. The van der Waals surface area contributed by atoms with Crippen molar-refractivity contribution >= 4 is 29.4 Å². The molecule has 3 rings (SSSR count). The zero-order valence-electron chi connectivity index (χ0n) is 15.4. The molecule has 0 spiro atoms. The quantitative estimate of drug-likeness (QED) is 0.738. The predicted octanol–water partition coefficient (Wildman–Crippen LogP) is 2.59. The van der Waals surface area contributed by atoms with Gasteiger partial charge in [-0.05, 0) is 35.9 Å². The largest absolute Gasteiger partial charge is 0.473 e. The molecule has 29 heavy (non-hydrogen) atoms. The van der Waals surface area contributed by atoms with E-state index >= 15 is 0 Å². The minimum absolute atomic E-state index is 0.0395. The summed E-state index contributed by atoms with van der Waals surface area (Å²) in [4.78, 5) is 34.7. The van der Waals surface area contributed by atoms with Crippen molar-refractivity contribution in [3.63, 3.8) is 0 Å². The van der Waals surface area contributed by atoms with Crippen molar-refractivity contribution in [3.05, 3.63) is 70.5 Å². The van der Waals surface area contributed by atoms with Crippen LogP contribution in [0.4, 0.5) is 4.39 Å². The number of carboxylic acids is 2. The van der Waals surface area contributed by atoms with Crippen molar-refractivity contribution < 1.29 is 29.0 Å². The molecule has 1 heterocycles. The van der Waals surface area contributed by atoms with E-state index in [2.05, 4.69) is 4.90 Å². The van der Waals surface area contributed by atoms with Crippen molar-refractivity contribution in [1.82, 2.24) is 9.80 Å². The molecule has 1 saturated heterocycles. The van der Waals surface area contributed by atoms with E-state index in [9.17, 15) is 9.18 Å². The fourth-order valence-corrected chi connectivity index (χ4v) is 2.95. The molecule has 0 bridgehead atoms. The van der Waals surface area contributed by atoms with Gasteiger partial charge in [-0.3, -0.25) is 9.69 Å². The molecule has 0 aliphatic carbocycles. The van der Waals surface area contributed by atoms with Crippen molar-refractivity contribution in [2.45, 2.75) is 6.54 Å². The lowest BCUT2D eigenvalue weighted by Gasteiger charge is -2.35. The average molecular weight is 423 g/mol. The lowest BCUT2D eigenvalue weighted by Crippen LogP contribution is -2.48. The summed E-state index contributed by atoms with van der Waals surface area (Å²) in [5.41, 5.74) is 1.64. The van der Waals surface area contributed by atoms with Crippen LogP contribution in [0, 0.1) is 5.82 Å². The Kier molecular flexibility index (Phi) is 8.11. The lowest BCUT2D eigenvalue weighted by atomic mass is 10.1. The van der Waals surface area contributed by atoms with Crippen molar-refractivity contribution in [2.75, 3.05) is 26.2 Å². The molecule has 0 saturated carbocycles. The van der Waals surface area contributed by atoms with Crippen LogP contribution in [-0.4, -0.2) is 64.0 Å². The fraction of sp³-hybridized carbons (Fsp3) is 0.250. The normalized spacial score (nSPS) is 13.9. The molecule has 0 atom stereocenters. The van der Waals surface area contributed by atoms with Gasteiger partial charge in [-0.25, -0.2) is 14.0 Å². The summed E-state index contributed by atoms with van der Waals surface area (Å²) in [5, 5.41) is 15.6. The molecule has 2 aromatic rings. The molecule has 9 heteroatoms. The zero-order valence-corrected chi connectivity index (χ0v) is 16.2. The molecular formula is C20H20ClFN2O5. The zero-order chi connectivity index (χ0) is 21.4. The van der Waals surface area contributed by atoms with Gasteiger partial charge in [0.15, 0.2) is 0 Å². The number of carbonyl (C=O) groups excluding carboxylic acids is 1. The minimum atomic E-state index is -1.82. The number of halogens is 2. The third-order valence-electron chi connectivity index (χ3n) is 4.29. The van der Waals surface area contributed by atoms with Gasteiger partial charge in [0.1, 0.15) is 5.82 Å². The Hall–Kier alpha value is -2.97. The molecular weight excluding hydrogens is 403 g/mol. The van der Waals surface area contributed by atoms with Crippen molar-refractivity contribution in [2.24, 2.45) is 0 Å². The van der Waals surface area contributed by atoms with Crippen molar-refractivity contribution in [3.8, 4) is 0 Å². The smallest absolute Gasteiger partial charge is 0.414 e. The van der Waals surface area contributed by atoms with E-state index in [1.807, 2.05) is 29.2 Å². The summed E-state index contributed by atoms with van der Waals surface area (Å²) in [6.45, 7) is 3.73. The van der Waals surface area contributed by atoms with E-state index in [1.165, 1.54) is 24.3 Å². The number of rotatable bonds is 3. The van der Waals surface area contributed by atoms with Gasteiger partial charge in [-0.15, -0.1) is 0 Å². The highest BCUT2D eigenvalue weighted by Crippen LogP contribution is 2.18. The number of benzene rings is 2. The van der Waals surface area contributed by atoms with Crippen LogP contribution in [-0.2, 0) is 16.1 Å². The monoisotopic (exact) mass is 422 g/mol. The first-order chi connectivity index (χ1) is 13.8. The number of carboxylic acid groups (broad SMARTS) is 2. The number of hydrogen-bond donors (Lipinski definition) is 2. The maximum Gasteiger partial charge on any atom is 0.414 e. The minimum Gasteiger partial charge on any atom is -0.473 e. The molecule has 1 fully saturated rings. The molecule has 2 aromatic carbocycles. The van der Waals surface area contributed by atoms with Gasteiger partial charge >= 0.3 is 11.9 Å². The Morgan fingerprint density at radius 1 is 0.897 bits per heavy atom. The average Bonchev–Trinajstić information content (AvgIpc) is 2.71. The molecule has 154 valence electrons. The second-order valence-corrected chi connectivity index (χ2v) is 6.68. The maximum absolute atomic E-state index is 12.9. The van der Waals surface area contributed by atoms with E-state index in [1.54, 1.807) is 0 Å². The topological polar surface area (TPSA) is 98.1 Å². The second-order valence-electron chi connectivity index (χ2n) is 6.28. The van der Waals surface area contributed by atoms with Crippen LogP contribution in [0.25, 0.3) is 0 Å². The summed E-state index contributed by atoms with van der Waals surface area (Å²) in [6.07, 6.45) is 0. The predicted molar refractivity (Wildman–Crippen MR) is 104 cm³/mol. The summed E-state index contributed by atoms with van der Waals surface area (Å²) in [6, 6.07) is 13.5.